The quantitative estimate of drug-likeness (QED) is 0.613. The highest BCUT2D eigenvalue weighted by Crippen LogP contribution is 2.26. The third-order valence-electron chi connectivity index (χ3n) is 3.92. The third-order valence-corrected chi connectivity index (χ3v) is 3.92. The van der Waals surface area contributed by atoms with Crippen molar-refractivity contribution in [2.75, 3.05) is 0 Å². The van der Waals surface area contributed by atoms with Crippen LogP contribution in [0.1, 0.15) is 5.56 Å². The highest BCUT2D eigenvalue weighted by Gasteiger charge is 2.09. The second-order valence-corrected chi connectivity index (χ2v) is 5.53. The number of fused-ring (bicyclic) bond motifs is 1. The van der Waals surface area contributed by atoms with E-state index in [4.69, 9.17) is 4.74 Å². The molecule has 0 fully saturated rings. The Kier molecular flexibility index (Phi) is 3.96. The zero-order valence-electron chi connectivity index (χ0n) is 13.3. The highest BCUT2D eigenvalue weighted by molar-refractivity contribution is 5.82. The van der Waals surface area contributed by atoms with Crippen molar-refractivity contribution in [2.24, 2.45) is 0 Å². The lowest BCUT2D eigenvalue weighted by Gasteiger charge is -2.11. The van der Waals surface area contributed by atoms with Gasteiger partial charge in [-0.3, -0.25) is 4.98 Å². The summed E-state index contributed by atoms with van der Waals surface area (Å²) >= 11 is 0. The van der Waals surface area contributed by atoms with Crippen LogP contribution in [0, 0.1) is 0 Å². The summed E-state index contributed by atoms with van der Waals surface area (Å²) in [6.45, 7) is 0.302. The van der Waals surface area contributed by atoms with Crippen molar-refractivity contribution >= 4 is 10.9 Å². The Hall–Kier alpha value is -3.47. The van der Waals surface area contributed by atoms with Gasteiger partial charge in [0.1, 0.15) is 6.61 Å². The second kappa shape index (κ2) is 6.57. The summed E-state index contributed by atoms with van der Waals surface area (Å²) in [7, 11) is 0. The number of benzene rings is 2. The molecule has 4 aromatic rings. The van der Waals surface area contributed by atoms with Crippen molar-refractivity contribution in [3.63, 3.8) is 0 Å². The largest absolute Gasteiger partial charge is 0.493 e. The van der Waals surface area contributed by atoms with E-state index in [0.29, 0.717) is 17.5 Å². The van der Waals surface area contributed by atoms with Crippen molar-refractivity contribution < 1.29 is 9.84 Å². The number of hydrogen-bond acceptors (Lipinski definition) is 5. The number of hydrogen-bond donors (Lipinski definition) is 1. The fourth-order valence-corrected chi connectivity index (χ4v) is 2.70. The smallest absolute Gasteiger partial charge is 0.320 e. The number of ether oxygens (including phenoxy) is 1. The Balaban J connectivity index is 1.62. The minimum Gasteiger partial charge on any atom is -0.493 e. The van der Waals surface area contributed by atoms with Crippen LogP contribution < -0.4 is 4.74 Å². The van der Waals surface area contributed by atoms with Crippen LogP contribution >= 0.6 is 0 Å². The molecule has 0 spiro atoms. The third kappa shape index (κ3) is 3.12. The molecule has 2 aromatic heterocycles. The molecule has 2 aromatic carbocycles. The lowest BCUT2D eigenvalue weighted by molar-refractivity contribution is 0.277. The Morgan fingerprint density at radius 2 is 1.68 bits per heavy atom. The topological polar surface area (TPSA) is 68.1 Å². The van der Waals surface area contributed by atoms with Gasteiger partial charge in [0.05, 0.1) is 17.1 Å². The molecular formula is C20H15N3O2. The molecular weight excluding hydrogens is 314 g/mol. The maximum Gasteiger partial charge on any atom is 0.320 e. The van der Waals surface area contributed by atoms with E-state index < -0.39 is 0 Å². The summed E-state index contributed by atoms with van der Waals surface area (Å²) in [5.41, 5.74) is 3.77. The molecule has 5 heteroatoms. The Bertz CT molecular complexity index is 1020. The summed E-state index contributed by atoms with van der Waals surface area (Å²) in [4.78, 5) is 12.3. The van der Waals surface area contributed by atoms with Gasteiger partial charge in [0, 0.05) is 6.20 Å². The minimum atomic E-state index is -0.112. The normalized spacial score (nSPS) is 10.7. The van der Waals surface area contributed by atoms with E-state index in [2.05, 4.69) is 33.2 Å². The lowest BCUT2D eigenvalue weighted by atomic mass is 10.0. The van der Waals surface area contributed by atoms with Gasteiger partial charge in [-0.05, 0) is 22.8 Å². The summed E-state index contributed by atoms with van der Waals surface area (Å²) in [6.07, 6.45) is 3.16. The van der Waals surface area contributed by atoms with Crippen molar-refractivity contribution in [2.45, 2.75) is 6.61 Å². The van der Waals surface area contributed by atoms with Gasteiger partial charge in [0.25, 0.3) is 0 Å². The van der Waals surface area contributed by atoms with E-state index in [9.17, 15) is 5.11 Å². The van der Waals surface area contributed by atoms with E-state index >= 15 is 0 Å². The van der Waals surface area contributed by atoms with E-state index in [0.717, 1.165) is 16.7 Å². The average molecular weight is 329 g/mol. The first kappa shape index (κ1) is 15.1. The van der Waals surface area contributed by atoms with Crippen LogP contribution in [0.4, 0.5) is 0 Å². The average Bonchev–Trinajstić information content (AvgIpc) is 2.67. The number of rotatable bonds is 4. The van der Waals surface area contributed by atoms with Crippen molar-refractivity contribution in [3.05, 3.63) is 78.6 Å². The molecule has 0 aliphatic carbocycles. The molecule has 0 saturated carbocycles. The van der Waals surface area contributed by atoms with Crippen LogP contribution in [-0.2, 0) is 6.61 Å². The van der Waals surface area contributed by atoms with Gasteiger partial charge in [-0.25, -0.2) is 0 Å². The zero-order valence-corrected chi connectivity index (χ0v) is 13.3. The van der Waals surface area contributed by atoms with Gasteiger partial charge < -0.3 is 9.84 Å². The zero-order chi connectivity index (χ0) is 17.1. The summed E-state index contributed by atoms with van der Waals surface area (Å²) in [5, 5.41) is 10.6. The highest BCUT2D eigenvalue weighted by atomic mass is 16.5. The van der Waals surface area contributed by atoms with Gasteiger partial charge in [-0.2, -0.15) is 9.97 Å². The molecule has 4 rings (SSSR count). The fraction of sp³-hybridized carbons (Fsp3) is 0.0500. The number of aromatic nitrogens is 3. The first-order valence-electron chi connectivity index (χ1n) is 7.88. The number of nitrogens with zero attached hydrogens (tertiary/aromatic N) is 3. The lowest BCUT2D eigenvalue weighted by Crippen LogP contribution is -2.01. The standard InChI is InChI=1S/C20H15N3O2/c24-19-17-10-11-21-12-18(17)22-20(23-19)25-13-15-8-4-5-9-16(15)14-6-2-1-3-7-14/h1-12H,13H2,(H,22,23,24). The first-order valence-corrected chi connectivity index (χ1v) is 7.88. The van der Waals surface area contributed by atoms with Crippen molar-refractivity contribution in [1.29, 1.82) is 0 Å². The molecule has 1 N–H and O–H groups in total. The van der Waals surface area contributed by atoms with Crippen LogP contribution in [-0.4, -0.2) is 20.1 Å². The van der Waals surface area contributed by atoms with Crippen molar-refractivity contribution in [3.8, 4) is 23.0 Å². The van der Waals surface area contributed by atoms with Gasteiger partial charge in [0.2, 0.25) is 5.88 Å². The molecule has 2 heterocycles. The predicted octanol–water partition coefficient (Wildman–Crippen LogP) is 3.98. The Labute approximate surface area is 144 Å². The predicted molar refractivity (Wildman–Crippen MR) is 95.2 cm³/mol. The SMILES string of the molecule is Oc1nc(OCc2ccccc2-c2ccccc2)nc2cnccc12. The molecule has 122 valence electrons. The summed E-state index contributed by atoms with van der Waals surface area (Å²) in [6, 6.07) is 19.9. The molecule has 0 amide bonds. The van der Waals surface area contributed by atoms with Crippen LogP contribution in [0.3, 0.4) is 0 Å². The van der Waals surface area contributed by atoms with E-state index in [-0.39, 0.29) is 11.9 Å². The van der Waals surface area contributed by atoms with Gasteiger partial charge in [-0.1, -0.05) is 54.6 Å². The molecule has 0 unspecified atom stereocenters. The van der Waals surface area contributed by atoms with Gasteiger partial charge in [0.15, 0.2) is 0 Å². The molecule has 0 bridgehead atoms. The van der Waals surface area contributed by atoms with E-state index in [1.807, 2.05) is 36.4 Å². The maximum absolute atomic E-state index is 10.0. The molecule has 0 radical (unpaired) electrons. The van der Waals surface area contributed by atoms with Crippen LogP contribution in [0.25, 0.3) is 22.0 Å². The maximum atomic E-state index is 10.0. The molecule has 5 nitrogen and oxygen atoms in total. The summed E-state index contributed by atoms with van der Waals surface area (Å²) in [5.74, 6) is -0.112. The second-order valence-electron chi connectivity index (χ2n) is 5.53. The number of pyridine rings is 1. The fourth-order valence-electron chi connectivity index (χ4n) is 2.70. The molecule has 0 aliphatic heterocycles. The van der Waals surface area contributed by atoms with E-state index in [1.54, 1.807) is 18.5 Å². The van der Waals surface area contributed by atoms with Crippen LogP contribution in [0.15, 0.2) is 73.1 Å². The molecule has 0 saturated heterocycles. The van der Waals surface area contributed by atoms with Gasteiger partial charge in [-0.15, -0.1) is 0 Å². The number of aromatic hydroxyl groups is 1. The van der Waals surface area contributed by atoms with Crippen LogP contribution in [0.2, 0.25) is 0 Å². The monoisotopic (exact) mass is 329 g/mol. The van der Waals surface area contributed by atoms with Crippen LogP contribution in [0.5, 0.6) is 11.9 Å². The molecule has 0 aliphatic rings. The molecule has 0 atom stereocenters. The Morgan fingerprint density at radius 1 is 0.880 bits per heavy atom. The molecule has 25 heavy (non-hydrogen) atoms. The van der Waals surface area contributed by atoms with E-state index in [1.165, 1.54) is 0 Å². The van der Waals surface area contributed by atoms with Gasteiger partial charge >= 0.3 is 6.01 Å². The summed E-state index contributed by atoms with van der Waals surface area (Å²) < 4.78 is 5.73. The first-order chi connectivity index (χ1) is 12.3. The Morgan fingerprint density at radius 3 is 2.56 bits per heavy atom. The van der Waals surface area contributed by atoms with Crippen molar-refractivity contribution in [1.82, 2.24) is 15.0 Å². The minimum absolute atomic E-state index is 0.112.